The highest BCUT2D eigenvalue weighted by molar-refractivity contribution is 5.73. The summed E-state index contributed by atoms with van der Waals surface area (Å²) in [6.45, 7) is 7.28. The van der Waals surface area contributed by atoms with Crippen molar-refractivity contribution in [3.63, 3.8) is 0 Å². The molecule has 2 atom stereocenters. The van der Waals surface area contributed by atoms with Crippen molar-refractivity contribution < 1.29 is 19.4 Å². The van der Waals surface area contributed by atoms with Crippen LogP contribution < -0.4 is 5.32 Å². The second kappa shape index (κ2) is 4.55. The average molecular weight is 243 g/mol. The number of hydrogen-bond acceptors (Lipinski definition) is 3. The van der Waals surface area contributed by atoms with Gasteiger partial charge in [-0.25, -0.2) is 4.79 Å². The SMILES string of the molecule is CC1CCC1(CC(=O)O)NC(=O)OC(C)(C)C. The Morgan fingerprint density at radius 2 is 2.06 bits per heavy atom. The lowest BCUT2D eigenvalue weighted by atomic mass is 9.66. The lowest BCUT2D eigenvalue weighted by molar-refractivity contribution is -0.140. The lowest BCUT2D eigenvalue weighted by Crippen LogP contribution is -2.60. The Balaban J connectivity index is 2.62. The zero-order valence-corrected chi connectivity index (χ0v) is 10.9. The highest BCUT2D eigenvalue weighted by atomic mass is 16.6. The number of ether oxygens (including phenoxy) is 1. The zero-order valence-electron chi connectivity index (χ0n) is 10.9. The Morgan fingerprint density at radius 1 is 1.47 bits per heavy atom. The first-order valence-corrected chi connectivity index (χ1v) is 5.88. The minimum absolute atomic E-state index is 0.0482. The number of carbonyl (C=O) groups excluding carboxylic acids is 1. The number of carboxylic acids is 1. The Kier molecular flexibility index (Phi) is 3.69. The summed E-state index contributed by atoms with van der Waals surface area (Å²) in [6, 6.07) is 0. The van der Waals surface area contributed by atoms with Gasteiger partial charge in [0.05, 0.1) is 12.0 Å². The summed E-state index contributed by atoms with van der Waals surface area (Å²) in [7, 11) is 0. The van der Waals surface area contributed by atoms with Gasteiger partial charge in [0.2, 0.25) is 0 Å². The van der Waals surface area contributed by atoms with E-state index in [2.05, 4.69) is 5.32 Å². The topological polar surface area (TPSA) is 75.6 Å². The van der Waals surface area contributed by atoms with Crippen molar-refractivity contribution in [1.82, 2.24) is 5.32 Å². The molecule has 1 aliphatic rings. The molecule has 0 bridgehead atoms. The molecule has 0 aromatic carbocycles. The van der Waals surface area contributed by atoms with Gasteiger partial charge in [0.1, 0.15) is 5.60 Å². The standard InChI is InChI=1S/C12H21NO4/c1-8-5-6-12(8,7-9(14)15)13-10(16)17-11(2,3)4/h8H,5-7H2,1-4H3,(H,13,16)(H,14,15). The molecule has 5 nitrogen and oxygen atoms in total. The third kappa shape index (κ3) is 3.61. The normalized spacial score (nSPS) is 28.1. The zero-order chi connectivity index (χ0) is 13.3. The quantitative estimate of drug-likeness (QED) is 0.796. The van der Waals surface area contributed by atoms with Crippen molar-refractivity contribution in [3.8, 4) is 0 Å². The van der Waals surface area contributed by atoms with E-state index in [1.54, 1.807) is 20.8 Å². The van der Waals surface area contributed by atoms with E-state index >= 15 is 0 Å². The fourth-order valence-electron chi connectivity index (χ4n) is 2.05. The van der Waals surface area contributed by atoms with Crippen molar-refractivity contribution in [1.29, 1.82) is 0 Å². The van der Waals surface area contributed by atoms with Crippen LogP contribution in [0.5, 0.6) is 0 Å². The smallest absolute Gasteiger partial charge is 0.408 e. The maximum Gasteiger partial charge on any atom is 0.408 e. The molecule has 5 heteroatoms. The number of rotatable bonds is 3. The molecule has 1 fully saturated rings. The number of alkyl carbamates (subject to hydrolysis) is 1. The first-order chi connectivity index (χ1) is 7.65. The van der Waals surface area contributed by atoms with Gasteiger partial charge in [-0.15, -0.1) is 0 Å². The predicted molar refractivity (Wildman–Crippen MR) is 62.8 cm³/mol. The van der Waals surface area contributed by atoms with E-state index in [1.165, 1.54) is 0 Å². The first kappa shape index (κ1) is 13.8. The van der Waals surface area contributed by atoms with Gasteiger partial charge in [-0.1, -0.05) is 6.92 Å². The van der Waals surface area contributed by atoms with Gasteiger partial charge in [0, 0.05) is 0 Å². The van der Waals surface area contributed by atoms with Gasteiger partial charge in [0.15, 0.2) is 0 Å². The highest BCUT2D eigenvalue weighted by Gasteiger charge is 2.47. The fraction of sp³-hybridized carbons (Fsp3) is 0.833. The molecule has 0 heterocycles. The average Bonchev–Trinajstić information content (AvgIpc) is 2.10. The van der Waals surface area contributed by atoms with E-state index in [0.29, 0.717) is 6.42 Å². The molecule has 0 radical (unpaired) electrons. The van der Waals surface area contributed by atoms with Crippen molar-refractivity contribution >= 4 is 12.1 Å². The molecule has 1 saturated carbocycles. The van der Waals surface area contributed by atoms with Crippen molar-refractivity contribution in [2.75, 3.05) is 0 Å². The monoisotopic (exact) mass is 243 g/mol. The number of carboxylic acid groups (broad SMARTS) is 1. The molecule has 0 aromatic heterocycles. The molecule has 17 heavy (non-hydrogen) atoms. The molecule has 0 aliphatic heterocycles. The van der Waals surface area contributed by atoms with Crippen LogP contribution in [-0.2, 0) is 9.53 Å². The maximum atomic E-state index is 11.7. The van der Waals surface area contributed by atoms with Crippen LogP contribution in [0.1, 0.15) is 47.0 Å². The lowest BCUT2D eigenvalue weighted by Gasteiger charge is -2.47. The molecule has 98 valence electrons. The molecule has 1 aliphatic carbocycles. The Hall–Kier alpha value is -1.26. The number of amides is 1. The summed E-state index contributed by atoms with van der Waals surface area (Å²) in [4.78, 5) is 22.5. The molecule has 1 amide bonds. The summed E-state index contributed by atoms with van der Waals surface area (Å²) >= 11 is 0. The molecule has 2 unspecified atom stereocenters. The van der Waals surface area contributed by atoms with Crippen LogP contribution in [0.15, 0.2) is 0 Å². The Labute approximate surface area is 102 Å². The first-order valence-electron chi connectivity index (χ1n) is 5.88. The van der Waals surface area contributed by atoms with Gasteiger partial charge >= 0.3 is 12.1 Å². The number of carbonyl (C=O) groups is 2. The molecule has 0 spiro atoms. The molecular formula is C12H21NO4. The van der Waals surface area contributed by atoms with Gasteiger partial charge in [0.25, 0.3) is 0 Å². The van der Waals surface area contributed by atoms with Crippen LogP contribution in [0.4, 0.5) is 4.79 Å². The van der Waals surface area contributed by atoms with Gasteiger partial charge in [-0.05, 0) is 39.5 Å². The Morgan fingerprint density at radius 3 is 2.35 bits per heavy atom. The van der Waals surface area contributed by atoms with Crippen molar-refractivity contribution in [3.05, 3.63) is 0 Å². The molecule has 2 N–H and O–H groups in total. The molecular weight excluding hydrogens is 222 g/mol. The third-order valence-electron chi connectivity index (χ3n) is 3.18. The van der Waals surface area contributed by atoms with Crippen molar-refractivity contribution in [2.45, 2.75) is 58.1 Å². The summed E-state index contributed by atoms with van der Waals surface area (Å²) < 4.78 is 5.16. The van der Waals surface area contributed by atoms with E-state index in [-0.39, 0.29) is 12.3 Å². The molecule has 0 aromatic rings. The van der Waals surface area contributed by atoms with Crippen LogP contribution in [-0.4, -0.2) is 28.3 Å². The van der Waals surface area contributed by atoms with Gasteiger partial charge < -0.3 is 15.2 Å². The molecule has 1 rings (SSSR count). The van der Waals surface area contributed by atoms with Crippen LogP contribution >= 0.6 is 0 Å². The van der Waals surface area contributed by atoms with E-state index in [1.807, 2.05) is 6.92 Å². The number of hydrogen-bond donors (Lipinski definition) is 2. The summed E-state index contributed by atoms with van der Waals surface area (Å²) in [6.07, 6.45) is 1.04. The van der Waals surface area contributed by atoms with Gasteiger partial charge in [-0.3, -0.25) is 4.79 Å². The summed E-state index contributed by atoms with van der Waals surface area (Å²) in [5, 5.41) is 11.6. The van der Waals surface area contributed by atoms with Gasteiger partial charge in [-0.2, -0.15) is 0 Å². The van der Waals surface area contributed by atoms with Crippen molar-refractivity contribution in [2.24, 2.45) is 5.92 Å². The van der Waals surface area contributed by atoms with Crippen LogP contribution in [0, 0.1) is 5.92 Å². The summed E-state index contributed by atoms with van der Waals surface area (Å²) in [5.74, 6) is -0.723. The Bertz CT molecular complexity index is 321. The van der Waals surface area contributed by atoms with Crippen LogP contribution in [0.3, 0.4) is 0 Å². The van der Waals surface area contributed by atoms with Crippen LogP contribution in [0.2, 0.25) is 0 Å². The largest absolute Gasteiger partial charge is 0.481 e. The second-order valence-corrected chi connectivity index (χ2v) is 5.79. The minimum Gasteiger partial charge on any atom is -0.481 e. The van der Waals surface area contributed by atoms with E-state index in [4.69, 9.17) is 9.84 Å². The number of nitrogens with one attached hydrogen (secondary N) is 1. The second-order valence-electron chi connectivity index (χ2n) is 5.79. The highest BCUT2D eigenvalue weighted by Crippen LogP contribution is 2.41. The minimum atomic E-state index is -0.896. The van der Waals surface area contributed by atoms with E-state index < -0.39 is 23.2 Å². The third-order valence-corrected chi connectivity index (χ3v) is 3.18. The maximum absolute atomic E-state index is 11.7. The summed E-state index contributed by atoms with van der Waals surface area (Å²) in [5.41, 5.74) is -1.20. The molecule has 0 saturated heterocycles. The van der Waals surface area contributed by atoms with E-state index in [0.717, 1.165) is 6.42 Å². The number of aliphatic carboxylic acids is 1. The van der Waals surface area contributed by atoms with E-state index in [9.17, 15) is 9.59 Å². The van der Waals surface area contributed by atoms with Crippen LogP contribution in [0.25, 0.3) is 0 Å². The predicted octanol–water partition coefficient (Wildman–Crippen LogP) is 2.15. The fourth-order valence-corrected chi connectivity index (χ4v) is 2.05.